The third-order valence-electron chi connectivity index (χ3n) is 4.75. The molecule has 17 heteroatoms. The Balaban J connectivity index is 2.01. The van der Waals surface area contributed by atoms with E-state index >= 15 is 0 Å². The summed E-state index contributed by atoms with van der Waals surface area (Å²) in [5.74, 6) is -10.8. The zero-order valence-electron chi connectivity index (χ0n) is 19.8. The number of para-hydroxylation sites is 1. The topological polar surface area (TPSA) is 177 Å². The lowest BCUT2D eigenvalue weighted by Crippen LogP contribution is -2.52. The fraction of sp³-hybridized carbons (Fsp3) is 0.318. The number of carbonyl (C=O) groups excluding carboxylic acids is 4. The molecule has 1 aromatic carbocycles. The van der Waals surface area contributed by atoms with Crippen molar-refractivity contribution in [1.29, 1.82) is 0 Å². The van der Waals surface area contributed by atoms with Crippen LogP contribution in [0.25, 0.3) is 0 Å². The number of aromatic nitrogens is 2. The molecule has 0 saturated heterocycles. The first-order valence-corrected chi connectivity index (χ1v) is 10.8. The summed E-state index contributed by atoms with van der Waals surface area (Å²) in [5, 5.41) is 14.7. The summed E-state index contributed by atoms with van der Waals surface area (Å²) in [4.78, 5) is 66.2. The number of ketones is 1. The zero-order chi connectivity index (χ0) is 29.3. The molecule has 4 N–H and O–H groups in total. The third kappa shape index (κ3) is 9.28. The normalized spacial score (nSPS) is 12.6. The minimum absolute atomic E-state index is 0.464. The number of Topliss-reactive ketones (excluding diaryl/α,β-unsaturated/α-hetero) is 1. The standard InChI is InChI=1S/C22H20F5N5O7/c1-10(29-19(37)20(38)32-17-11(23)3-2-4-12(17)24)18(36)30-13(5-6-16(34)35)14(33)9-39-15-7-8-28-21(31-15)22(25,26)27/h2-4,7-8,10,13H,5-6,9H2,1H3,(H,29,37)(H,30,36)(H,32,38)(H,34,35)/t10-,13-/m0/s1. The molecule has 39 heavy (non-hydrogen) atoms. The number of ether oxygens (including phenoxy) is 1. The van der Waals surface area contributed by atoms with Crippen molar-refractivity contribution in [1.82, 2.24) is 20.6 Å². The van der Waals surface area contributed by atoms with Gasteiger partial charge >= 0.3 is 24.0 Å². The van der Waals surface area contributed by atoms with E-state index < -0.39 is 96.2 Å². The number of carbonyl (C=O) groups is 5. The first-order chi connectivity index (χ1) is 18.2. The summed E-state index contributed by atoms with van der Waals surface area (Å²) in [6.07, 6.45) is -5.23. The second-order valence-corrected chi connectivity index (χ2v) is 7.71. The van der Waals surface area contributed by atoms with Crippen LogP contribution >= 0.6 is 0 Å². The van der Waals surface area contributed by atoms with Crippen LogP contribution < -0.4 is 20.7 Å². The van der Waals surface area contributed by atoms with Crippen molar-refractivity contribution in [3.63, 3.8) is 0 Å². The summed E-state index contributed by atoms with van der Waals surface area (Å²) in [6.45, 7) is 0.162. The minimum Gasteiger partial charge on any atom is -0.481 e. The zero-order valence-corrected chi connectivity index (χ0v) is 19.8. The lowest BCUT2D eigenvalue weighted by Gasteiger charge is -2.20. The number of nitrogens with one attached hydrogen (secondary N) is 3. The Morgan fingerprint density at radius 3 is 2.26 bits per heavy atom. The van der Waals surface area contributed by atoms with Crippen LogP contribution in [0.1, 0.15) is 25.6 Å². The van der Waals surface area contributed by atoms with Gasteiger partial charge in [0, 0.05) is 18.7 Å². The van der Waals surface area contributed by atoms with Crippen LogP contribution in [-0.2, 0) is 30.1 Å². The van der Waals surface area contributed by atoms with Gasteiger partial charge in [0.05, 0.1) is 6.04 Å². The van der Waals surface area contributed by atoms with Gasteiger partial charge in [-0.3, -0.25) is 24.0 Å². The molecule has 0 aliphatic carbocycles. The Bertz CT molecular complexity index is 1240. The molecule has 2 rings (SSSR count). The van der Waals surface area contributed by atoms with E-state index in [2.05, 4.69) is 15.3 Å². The highest BCUT2D eigenvalue weighted by Gasteiger charge is 2.35. The average molecular weight is 561 g/mol. The molecule has 0 aliphatic rings. The highest BCUT2D eigenvalue weighted by atomic mass is 19.4. The number of nitrogens with zero attached hydrogens (tertiary/aromatic N) is 2. The van der Waals surface area contributed by atoms with Crippen molar-refractivity contribution in [2.24, 2.45) is 0 Å². The molecule has 0 spiro atoms. The molecule has 0 radical (unpaired) electrons. The molecule has 0 unspecified atom stereocenters. The molecule has 0 saturated carbocycles. The van der Waals surface area contributed by atoms with Gasteiger partial charge in [0.25, 0.3) is 0 Å². The second kappa shape index (κ2) is 13.2. The number of halogens is 5. The summed E-state index contributed by atoms with van der Waals surface area (Å²) >= 11 is 0. The summed E-state index contributed by atoms with van der Waals surface area (Å²) in [7, 11) is 0. The van der Waals surface area contributed by atoms with Crippen molar-refractivity contribution in [2.75, 3.05) is 11.9 Å². The number of hydrogen-bond donors (Lipinski definition) is 4. The fourth-order valence-corrected chi connectivity index (χ4v) is 2.80. The predicted octanol–water partition coefficient (Wildman–Crippen LogP) is 1.21. The van der Waals surface area contributed by atoms with Crippen LogP contribution in [0.3, 0.4) is 0 Å². The van der Waals surface area contributed by atoms with Gasteiger partial charge in [-0.2, -0.15) is 18.2 Å². The van der Waals surface area contributed by atoms with Crippen LogP contribution in [0.5, 0.6) is 5.88 Å². The number of amides is 3. The van der Waals surface area contributed by atoms with Gasteiger partial charge < -0.3 is 25.8 Å². The number of anilines is 1. The molecule has 1 aromatic heterocycles. The van der Waals surface area contributed by atoms with E-state index in [9.17, 15) is 45.9 Å². The van der Waals surface area contributed by atoms with E-state index in [0.717, 1.165) is 37.4 Å². The van der Waals surface area contributed by atoms with Gasteiger partial charge in [-0.05, 0) is 25.5 Å². The molecule has 2 atom stereocenters. The lowest BCUT2D eigenvalue weighted by molar-refractivity contribution is -0.145. The Hall–Kier alpha value is -4.70. The Morgan fingerprint density at radius 2 is 1.67 bits per heavy atom. The maximum absolute atomic E-state index is 13.7. The molecule has 1 heterocycles. The number of rotatable bonds is 11. The monoisotopic (exact) mass is 561 g/mol. The van der Waals surface area contributed by atoms with E-state index in [0.29, 0.717) is 0 Å². The van der Waals surface area contributed by atoms with Gasteiger partial charge in [0.2, 0.25) is 17.6 Å². The molecular weight excluding hydrogens is 541 g/mol. The molecule has 2 aromatic rings. The quantitative estimate of drug-likeness (QED) is 0.232. The van der Waals surface area contributed by atoms with Crippen molar-refractivity contribution in [2.45, 2.75) is 38.0 Å². The Morgan fingerprint density at radius 1 is 1.03 bits per heavy atom. The number of benzene rings is 1. The van der Waals surface area contributed by atoms with Crippen molar-refractivity contribution in [3.8, 4) is 5.88 Å². The fourth-order valence-electron chi connectivity index (χ4n) is 2.80. The average Bonchev–Trinajstić information content (AvgIpc) is 2.86. The molecule has 210 valence electrons. The first kappa shape index (κ1) is 30.5. The summed E-state index contributed by atoms with van der Waals surface area (Å²) in [5.41, 5.74) is -0.903. The number of hydrogen-bond acceptors (Lipinski definition) is 8. The van der Waals surface area contributed by atoms with Crippen LogP contribution in [0, 0.1) is 11.6 Å². The number of carboxylic acid groups (broad SMARTS) is 1. The summed E-state index contributed by atoms with van der Waals surface area (Å²) < 4.78 is 70.5. The SMILES string of the molecule is C[C@H](NC(=O)C(=O)Nc1c(F)cccc1F)C(=O)N[C@@H](CCC(=O)O)C(=O)COc1ccnc(C(F)(F)F)n1. The molecule has 12 nitrogen and oxygen atoms in total. The highest BCUT2D eigenvalue weighted by Crippen LogP contribution is 2.26. The van der Waals surface area contributed by atoms with Gasteiger partial charge in [0.15, 0.2) is 12.4 Å². The van der Waals surface area contributed by atoms with E-state index in [4.69, 9.17) is 9.84 Å². The molecular formula is C22H20F5N5O7. The van der Waals surface area contributed by atoms with E-state index in [-0.39, 0.29) is 0 Å². The van der Waals surface area contributed by atoms with Gasteiger partial charge in [-0.25, -0.2) is 13.8 Å². The van der Waals surface area contributed by atoms with Gasteiger partial charge in [-0.1, -0.05) is 6.07 Å². The number of carboxylic acids is 1. The van der Waals surface area contributed by atoms with Crippen LogP contribution in [0.15, 0.2) is 30.5 Å². The summed E-state index contributed by atoms with van der Waals surface area (Å²) in [6, 6.07) is 0.565. The van der Waals surface area contributed by atoms with Gasteiger partial charge in [-0.15, -0.1) is 0 Å². The maximum Gasteiger partial charge on any atom is 0.451 e. The Labute approximate surface area is 215 Å². The largest absolute Gasteiger partial charge is 0.481 e. The van der Waals surface area contributed by atoms with E-state index in [1.165, 1.54) is 0 Å². The molecule has 0 bridgehead atoms. The van der Waals surface area contributed by atoms with E-state index in [1.54, 1.807) is 5.32 Å². The van der Waals surface area contributed by atoms with Crippen molar-refractivity contribution < 1.29 is 55.8 Å². The lowest BCUT2D eigenvalue weighted by atomic mass is 10.1. The van der Waals surface area contributed by atoms with E-state index in [1.807, 2.05) is 5.32 Å². The smallest absolute Gasteiger partial charge is 0.451 e. The first-order valence-electron chi connectivity index (χ1n) is 10.8. The highest BCUT2D eigenvalue weighted by molar-refractivity contribution is 6.40. The predicted molar refractivity (Wildman–Crippen MR) is 119 cm³/mol. The Kier molecular flexibility index (Phi) is 10.3. The van der Waals surface area contributed by atoms with Crippen LogP contribution in [-0.4, -0.2) is 63.2 Å². The maximum atomic E-state index is 13.7. The molecule has 0 fully saturated rings. The number of alkyl halides is 3. The molecule has 3 amide bonds. The van der Waals surface area contributed by atoms with Crippen molar-refractivity contribution >= 4 is 35.2 Å². The second-order valence-electron chi connectivity index (χ2n) is 7.71. The third-order valence-corrected chi connectivity index (χ3v) is 4.75. The number of aliphatic carboxylic acids is 1. The minimum atomic E-state index is -4.89. The van der Waals surface area contributed by atoms with Crippen molar-refractivity contribution in [3.05, 3.63) is 47.9 Å². The van der Waals surface area contributed by atoms with Gasteiger partial charge in [0.1, 0.15) is 23.4 Å². The van der Waals surface area contributed by atoms with Crippen LogP contribution in [0.4, 0.5) is 27.6 Å². The van der Waals surface area contributed by atoms with Crippen LogP contribution in [0.2, 0.25) is 0 Å². The molecule has 0 aliphatic heterocycles.